The molecule has 0 aliphatic rings. The van der Waals surface area contributed by atoms with Crippen LogP contribution >= 0.6 is 0 Å². The van der Waals surface area contributed by atoms with Crippen LogP contribution in [0.25, 0.3) is 0 Å². The van der Waals surface area contributed by atoms with Crippen molar-refractivity contribution < 1.29 is 9.53 Å². The zero-order valence-corrected chi connectivity index (χ0v) is 14.7. The Morgan fingerprint density at radius 3 is 2.54 bits per heavy atom. The lowest BCUT2D eigenvalue weighted by molar-refractivity contribution is 0.0939. The van der Waals surface area contributed by atoms with Crippen molar-refractivity contribution in [2.75, 3.05) is 5.32 Å². The van der Waals surface area contributed by atoms with Crippen molar-refractivity contribution in [3.05, 3.63) is 48.2 Å². The highest BCUT2D eigenvalue weighted by molar-refractivity contribution is 5.94. The van der Waals surface area contributed by atoms with Gasteiger partial charge in [-0.2, -0.15) is 0 Å². The highest BCUT2D eigenvalue weighted by Crippen LogP contribution is 2.27. The molecule has 0 saturated heterocycles. The van der Waals surface area contributed by atoms with Gasteiger partial charge in [-0.05, 0) is 51.5 Å². The molecule has 0 fully saturated rings. The van der Waals surface area contributed by atoms with E-state index in [9.17, 15) is 4.79 Å². The number of aromatic nitrogens is 1. The van der Waals surface area contributed by atoms with Crippen LogP contribution in [0.3, 0.4) is 0 Å². The van der Waals surface area contributed by atoms with Gasteiger partial charge in [0.25, 0.3) is 5.91 Å². The van der Waals surface area contributed by atoms with Gasteiger partial charge in [0.05, 0.1) is 17.4 Å². The first-order valence-electron chi connectivity index (χ1n) is 8.29. The van der Waals surface area contributed by atoms with Crippen molar-refractivity contribution in [2.24, 2.45) is 0 Å². The normalized spacial score (nSPS) is 11.9. The number of anilines is 2. The third kappa shape index (κ3) is 4.98. The van der Waals surface area contributed by atoms with Crippen LogP contribution in [-0.4, -0.2) is 23.0 Å². The maximum Gasteiger partial charge on any atom is 0.253 e. The number of benzene rings is 1. The first-order chi connectivity index (χ1) is 11.5. The maximum absolute atomic E-state index is 12.1. The summed E-state index contributed by atoms with van der Waals surface area (Å²) in [5.41, 5.74) is 1.39. The standard InChI is InChI=1S/C19H25N3O2/c1-5-14(4)21-19(23)15-10-11-18(20-12-15)22-16-8-6-7-9-17(16)24-13(2)3/h6-14H,5H2,1-4H3,(H,20,22)(H,21,23). The van der Waals surface area contributed by atoms with Gasteiger partial charge in [-0.25, -0.2) is 4.98 Å². The number of hydrogen-bond acceptors (Lipinski definition) is 4. The van der Waals surface area contributed by atoms with E-state index in [4.69, 9.17) is 4.74 Å². The molecule has 2 rings (SSSR count). The number of ether oxygens (including phenoxy) is 1. The Morgan fingerprint density at radius 1 is 1.17 bits per heavy atom. The van der Waals surface area contributed by atoms with Crippen LogP contribution in [0.1, 0.15) is 44.5 Å². The van der Waals surface area contributed by atoms with Crippen molar-refractivity contribution in [2.45, 2.75) is 46.3 Å². The molecule has 0 aliphatic heterocycles. The Hall–Kier alpha value is -2.56. The summed E-state index contributed by atoms with van der Waals surface area (Å²) < 4.78 is 5.78. The summed E-state index contributed by atoms with van der Waals surface area (Å²) in [5.74, 6) is 1.33. The third-order valence-corrected chi connectivity index (χ3v) is 3.53. The molecule has 0 aliphatic carbocycles. The van der Waals surface area contributed by atoms with E-state index < -0.39 is 0 Å². The number of nitrogens with zero attached hydrogens (tertiary/aromatic N) is 1. The fourth-order valence-electron chi connectivity index (χ4n) is 2.08. The van der Waals surface area contributed by atoms with Gasteiger partial charge >= 0.3 is 0 Å². The quantitative estimate of drug-likeness (QED) is 0.802. The molecule has 0 radical (unpaired) electrons. The number of pyridine rings is 1. The van der Waals surface area contributed by atoms with Gasteiger partial charge in [0.1, 0.15) is 11.6 Å². The second kappa shape index (κ2) is 8.34. The second-order valence-corrected chi connectivity index (χ2v) is 6.00. The molecule has 24 heavy (non-hydrogen) atoms. The molecule has 1 atom stereocenters. The van der Waals surface area contributed by atoms with E-state index in [-0.39, 0.29) is 18.1 Å². The first-order valence-corrected chi connectivity index (χ1v) is 8.29. The number of carbonyl (C=O) groups is 1. The number of para-hydroxylation sites is 2. The summed E-state index contributed by atoms with van der Waals surface area (Å²) in [5, 5.41) is 6.15. The van der Waals surface area contributed by atoms with E-state index in [0.29, 0.717) is 11.4 Å². The van der Waals surface area contributed by atoms with Gasteiger partial charge in [0, 0.05) is 12.2 Å². The molecule has 1 amide bonds. The van der Waals surface area contributed by atoms with Gasteiger partial charge in [-0.1, -0.05) is 19.1 Å². The molecule has 0 bridgehead atoms. The molecule has 0 saturated carbocycles. The lowest BCUT2D eigenvalue weighted by Crippen LogP contribution is -2.31. The van der Waals surface area contributed by atoms with Crippen LogP contribution in [0, 0.1) is 0 Å². The molecular weight excluding hydrogens is 302 g/mol. The van der Waals surface area contributed by atoms with E-state index in [1.807, 2.05) is 52.0 Å². The molecule has 5 heteroatoms. The largest absolute Gasteiger partial charge is 0.489 e. The Labute approximate surface area is 143 Å². The zero-order valence-electron chi connectivity index (χ0n) is 14.7. The zero-order chi connectivity index (χ0) is 17.5. The van der Waals surface area contributed by atoms with Gasteiger partial charge in [0.15, 0.2) is 0 Å². The lowest BCUT2D eigenvalue weighted by atomic mass is 10.2. The number of nitrogens with one attached hydrogen (secondary N) is 2. The predicted molar refractivity (Wildman–Crippen MR) is 96.9 cm³/mol. The molecule has 1 heterocycles. The fourth-order valence-corrected chi connectivity index (χ4v) is 2.08. The molecule has 1 aromatic heterocycles. The predicted octanol–water partition coefficient (Wildman–Crippen LogP) is 4.14. The Balaban J connectivity index is 2.08. The SMILES string of the molecule is CCC(C)NC(=O)c1ccc(Nc2ccccc2OC(C)C)nc1. The Kier molecular flexibility index (Phi) is 6.18. The summed E-state index contributed by atoms with van der Waals surface area (Å²) in [6.07, 6.45) is 2.56. The molecule has 1 aromatic carbocycles. The number of amides is 1. The van der Waals surface area contributed by atoms with Crippen LogP contribution in [-0.2, 0) is 0 Å². The summed E-state index contributed by atoms with van der Waals surface area (Å²) >= 11 is 0. The van der Waals surface area contributed by atoms with E-state index in [2.05, 4.69) is 15.6 Å². The first kappa shape index (κ1) is 17.8. The van der Waals surface area contributed by atoms with Crippen molar-refractivity contribution in [1.29, 1.82) is 0 Å². The topological polar surface area (TPSA) is 63.2 Å². The number of carbonyl (C=O) groups excluding carboxylic acids is 1. The van der Waals surface area contributed by atoms with Crippen LogP contribution < -0.4 is 15.4 Å². The minimum Gasteiger partial charge on any atom is -0.489 e. The summed E-state index contributed by atoms with van der Waals surface area (Å²) in [4.78, 5) is 16.4. The molecular formula is C19H25N3O2. The van der Waals surface area contributed by atoms with Crippen molar-refractivity contribution in [1.82, 2.24) is 10.3 Å². The van der Waals surface area contributed by atoms with Gasteiger partial charge in [0.2, 0.25) is 0 Å². The Morgan fingerprint density at radius 2 is 1.92 bits per heavy atom. The average Bonchev–Trinajstić information content (AvgIpc) is 2.56. The summed E-state index contributed by atoms with van der Waals surface area (Å²) in [6.45, 7) is 7.99. The minimum atomic E-state index is -0.105. The van der Waals surface area contributed by atoms with Crippen LogP contribution in [0.2, 0.25) is 0 Å². The second-order valence-electron chi connectivity index (χ2n) is 6.00. The average molecular weight is 327 g/mol. The monoisotopic (exact) mass is 327 g/mol. The Bertz CT molecular complexity index is 669. The van der Waals surface area contributed by atoms with Gasteiger partial charge in [-0.3, -0.25) is 4.79 Å². The minimum absolute atomic E-state index is 0.0903. The summed E-state index contributed by atoms with van der Waals surface area (Å²) in [7, 11) is 0. The smallest absolute Gasteiger partial charge is 0.253 e. The number of rotatable bonds is 7. The van der Waals surface area contributed by atoms with Gasteiger partial charge in [-0.15, -0.1) is 0 Å². The molecule has 1 unspecified atom stereocenters. The molecule has 128 valence electrons. The molecule has 2 N–H and O–H groups in total. The van der Waals surface area contributed by atoms with Crippen LogP contribution in [0.5, 0.6) is 5.75 Å². The van der Waals surface area contributed by atoms with E-state index in [1.54, 1.807) is 18.3 Å². The number of hydrogen-bond donors (Lipinski definition) is 2. The lowest BCUT2D eigenvalue weighted by Gasteiger charge is -2.15. The molecule has 0 spiro atoms. The molecule has 5 nitrogen and oxygen atoms in total. The summed E-state index contributed by atoms with van der Waals surface area (Å²) in [6, 6.07) is 11.4. The highest BCUT2D eigenvalue weighted by atomic mass is 16.5. The van der Waals surface area contributed by atoms with E-state index in [0.717, 1.165) is 17.9 Å². The van der Waals surface area contributed by atoms with Gasteiger partial charge < -0.3 is 15.4 Å². The fraction of sp³-hybridized carbons (Fsp3) is 0.368. The van der Waals surface area contributed by atoms with Crippen molar-refractivity contribution >= 4 is 17.4 Å². The van der Waals surface area contributed by atoms with Crippen LogP contribution in [0.4, 0.5) is 11.5 Å². The molecule has 2 aromatic rings. The van der Waals surface area contributed by atoms with Crippen LogP contribution in [0.15, 0.2) is 42.6 Å². The maximum atomic E-state index is 12.1. The highest BCUT2D eigenvalue weighted by Gasteiger charge is 2.10. The van der Waals surface area contributed by atoms with E-state index >= 15 is 0 Å². The van der Waals surface area contributed by atoms with Crippen molar-refractivity contribution in [3.63, 3.8) is 0 Å². The van der Waals surface area contributed by atoms with E-state index in [1.165, 1.54) is 0 Å². The van der Waals surface area contributed by atoms with Crippen molar-refractivity contribution in [3.8, 4) is 5.75 Å². The third-order valence-electron chi connectivity index (χ3n) is 3.53.